The molecule has 0 saturated carbocycles. The summed E-state index contributed by atoms with van der Waals surface area (Å²) in [4.78, 5) is 0. The molecule has 1 heterocycles. The van der Waals surface area contributed by atoms with Gasteiger partial charge < -0.3 is 14.9 Å². The Kier molecular flexibility index (Phi) is 4.63. The molecule has 3 nitrogen and oxygen atoms in total. The maximum absolute atomic E-state index is 6.20. The number of hydrogen-bond donors (Lipinski definition) is 1. The SMILES string of the molecule is COc1ccc(C)cc1CC(N)CCc1ccco1. The molecule has 1 atom stereocenters. The van der Waals surface area contributed by atoms with Gasteiger partial charge in [-0.2, -0.15) is 0 Å². The van der Waals surface area contributed by atoms with Crippen molar-refractivity contribution in [2.45, 2.75) is 32.2 Å². The minimum atomic E-state index is 0.112. The van der Waals surface area contributed by atoms with Crippen molar-refractivity contribution in [1.29, 1.82) is 0 Å². The molecule has 0 radical (unpaired) electrons. The van der Waals surface area contributed by atoms with Gasteiger partial charge in [-0.05, 0) is 43.5 Å². The van der Waals surface area contributed by atoms with Crippen molar-refractivity contribution in [3.63, 3.8) is 0 Å². The number of benzene rings is 1. The quantitative estimate of drug-likeness (QED) is 0.867. The number of ether oxygens (including phenoxy) is 1. The van der Waals surface area contributed by atoms with Crippen LogP contribution in [0.1, 0.15) is 23.3 Å². The first-order valence-corrected chi connectivity index (χ1v) is 6.60. The van der Waals surface area contributed by atoms with Crippen molar-refractivity contribution in [3.05, 3.63) is 53.5 Å². The van der Waals surface area contributed by atoms with Crippen LogP contribution in [0.4, 0.5) is 0 Å². The van der Waals surface area contributed by atoms with E-state index in [0.29, 0.717) is 0 Å². The van der Waals surface area contributed by atoms with E-state index in [0.717, 1.165) is 30.8 Å². The lowest BCUT2D eigenvalue weighted by molar-refractivity contribution is 0.406. The summed E-state index contributed by atoms with van der Waals surface area (Å²) in [5.41, 5.74) is 8.60. The first kappa shape index (κ1) is 13.7. The van der Waals surface area contributed by atoms with Gasteiger partial charge in [-0.1, -0.05) is 17.7 Å². The van der Waals surface area contributed by atoms with Crippen LogP contribution in [-0.4, -0.2) is 13.2 Å². The third-order valence-electron chi connectivity index (χ3n) is 3.26. The van der Waals surface area contributed by atoms with E-state index >= 15 is 0 Å². The van der Waals surface area contributed by atoms with Crippen LogP contribution in [-0.2, 0) is 12.8 Å². The molecule has 2 aromatic rings. The van der Waals surface area contributed by atoms with E-state index in [9.17, 15) is 0 Å². The molecule has 1 aromatic carbocycles. The summed E-state index contributed by atoms with van der Waals surface area (Å²) < 4.78 is 10.7. The summed E-state index contributed by atoms with van der Waals surface area (Å²) in [5, 5.41) is 0. The van der Waals surface area contributed by atoms with Crippen LogP contribution in [0, 0.1) is 6.92 Å². The summed E-state index contributed by atoms with van der Waals surface area (Å²) in [6, 6.07) is 10.2. The molecule has 0 bridgehead atoms. The summed E-state index contributed by atoms with van der Waals surface area (Å²) in [6.45, 7) is 2.08. The number of furan rings is 1. The van der Waals surface area contributed by atoms with Crippen LogP contribution in [0.25, 0.3) is 0 Å². The Morgan fingerprint density at radius 2 is 2.16 bits per heavy atom. The van der Waals surface area contributed by atoms with Crippen molar-refractivity contribution in [3.8, 4) is 5.75 Å². The van der Waals surface area contributed by atoms with Gasteiger partial charge in [0.15, 0.2) is 0 Å². The van der Waals surface area contributed by atoms with Gasteiger partial charge in [0.05, 0.1) is 13.4 Å². The second-order valence-electron chi connectivity index (χ2n) is 4.90. The standard InChI is InChI=1S/C16H21NO2/c1-12-5-8-16(18-2)13(10-12)11-14(17)6-7-15-4-3-9-19-15/h3-5,8-10,14H,6-7,11,17H2,1-2H3. The van der Waals surface area contributed by atoms with Crippen molar-refractivity contribution in [2.24, 2.45) is 5.73 Å². The van der Waals surface area contributed by atoms with Gasteiger partial charge in [-0.3, -0.25) is 0 Å². The van der Waals surface area contributed by atoms with Crippen LogP contribution >= 0.6 is 0 Å². The topological polar surface area (TPSA) is 48.4 Å². The highest BCUT2D eigenvalue weighted by Gasteiger charge is 2.10. The Morgan fingerprint density at radius 1 is 1.32 bits per heavy atom. The Labute approximate surface area is 114 Å². The molecule has 2 N–H and O–H groups in total. The molecule has 1 unspecified atom stereocenters. The van der Waals surface area contributed by atoms with Crippen molar-refractivity contribution in [1.82, 2.24) is 0 Å². The fourth-order valence-corrected chi connectivity index (χ4v) is 2.23. The van der Waals surface area contributed by atoms with Crippen molar-refractivity contribution >= 4 is 0 Å². The van der Waals surface area contributed by atoms with E-state index in [1.807, 2.05) is 18.2 Å². The third kappa shape index (κ3) is 3.86. The first-order chi connectivity index (χ1) is 9.19. The van der Waals surface area contributed by atoms with Crippen LogP contribution < -0.4 is 10.5 Å². The Bertz CT molecular complexity index is 505. The molecule has 0 aliphatic carbocycles. The molecule has 3 heteroatoms. The molecular weight excluding hydrogens is 238 g/mol. The summed E-state index contributed by atoms with van der Waals surface area (Å²) >= 11 is 0. The van der Waals surface area contributed by atoms with E-state index in [-0.39, 0.29) is 6.04 Å². The Balaban J connectivity index is 1.94. The predicted molar refractivity (Wildman–Crippen MR) is 76.4 cm³/mol. The normalized spacial score (nSPS) is 12.4. The second kappa shape index (κ2) is 6.43. The fourth-order valence-electron chi connectivity index (χ4n) is 2.23. The number of rotatable bonds is 6. The smallest absolute Gasteiger partial charge is 0.122 e. The lowest BCUT2D eigenvalue weighted by Crippen LogP contribution is -2.23. The molecule has 2 rings (SSSR count). The first-order valence-electron chi connectivity index (χ1n) is 6.60. The summed E-state index contributed by atoms with van der Waals surface area (Å²) in [7, 11) is 1.70. The molecule has 0 aliphatic heterocycles. The van der Waals surface area contributed by atoms with Gasteiger partial charge >= 0.3 is 0 Å². The predicted octanol–water partition coefficient (Wildman–Crippen LogP) is 3.10. The maximum Gasteiger partial charge on any atom is 0.122 e. The molecule has 0 spiro atoms. The van der Waals surface area contributed by atoms with Gasteiger partial charge in [0, 0.05) is 12.5 Å². The molecule has 0 aliphatic rings. The maximum atomic E-state index is 6.20. The number of methoxy groups -OCH3 is 1. The van der Waals surface area contributed by atoms with Crippen molar-refractivity contribution in [2.75, 3.05) is 7.11 Å². The van der Waals surface area contributed by atoms with Gasteiger partial charge in [0.25, 0.3) is 0 Å². The molecular formula is C16H21NO2. The molecule has 0 saturated heterocycles. The Hall–Kier alpha value is -1.74. The summed E-state index contributed by atoms with van der Waals surface area (Å²) in [5.74, 6) is 1.91. The highest BCUT2D eigenvalue weighted by molar-refractivity contribution is 5.37. The second-order valence-corrected chi connectivity index (χ2v) is 4.90. The average molecular weight is 259 g/mol. The van der Waals surface area contributed by atoms with Crippen LogP contribution in [0.2, 0.25) is 0 Å². The van der Waals surface area contributed by atoms with Crippen LogP contribution in [0.5, 0.6) is 5.75 Å². The zero-order chi connectivity index (χ0) is 13.7. The number of nitrogens with two attached hydrogens (primary N) is 1. The molecule has 0 fully saturated rings. The molecule has 102 valence electrons. The highest BCUT2D eigenvalue weighted by atomic mass is 16.5. The number of aryl methyl sites for hydroxylation is 2. The van der Waals surface area contributed by atoms with E-state index in [4.69, 9.17) is 14.9 Å². The van der Waals surface area contributed by atoms with E-state index in [1.54, 1.807) is 13.4 Å². The van der Waals surface area contributed by atoms with Crippen molar-refractivity contribution < 1.29 is 9.15 Å². The van der Waals surface area contributed by atoms with Gasteiger partial charge in [0.1, 0.15) is 11.5 Å². The minimum absolute atomic E-state index is 0.112. The fraction of sp³-hybridized carbons (Fsp3) is 0.375. The summed E-state index contributed by atoms with van der Waals surface area (Å²) in [6.07, 6.45) is 4.31. The van der Waals surface area contributed by atoms with Gasteiger partial charge in [-0.15, -0.1) is 0 Å². The van der Waals surface area contributed by atoms with Crippen LogP contribution in [0.3, 0.4) is 0 Å². The third-order valence-corrected chi connectivity index (χ3v) is 3.26. The van der Waals surface area contributed by atoms with E-state index in [2.05, 4.69) is 19.1 Å². The van der Waals surface area contributed by atoms with Gasteiger partial charge in [-0.25, -0.2) is 0 Å². The molecule has 19 heavy (non-hydrogen) atoms. The zero-order valence-corrected chi connectivity index (χ0v) is 11.6. The van der Waals surface area contributed by atoms with Crippen LogP contribution in [0.15, 0.2) is 41.0 Å². The lowest BCUT2D eigenvalue weighted by Gasteiger charge is -2.14. The number of hydrogen-bond acceptors (Lipinski definition) is 3. The highest BCUT2D eigenvalue weighted by Crippen LogP contribution is 2.21. The Morgan fingerprint density at radius 3 is 2.84 bits per heavy atom. The monoisotopic (exact) mass is 259 g/mol. The van der Waals surface area contributed by atoms with Gasteiger partial charge in [0.2, 0.25) is 0 Å². The van der Waals surface area contributed by atoms with E-state index < -0.39 is 0 Å². The molecule has 0 amide bonds. The minimum Gasteiger partial charge on any atom is -0.496 e. The average Bonchev–Trinajstić information content (AvgIpc) is 2.90. The van der Waals surface area contributed by atoms with E-state index in [1.165, 1.54) is 11.1 Å². The zero-order valence-electron chi connectivity index (χ0n) is 11.6. The largest absolute Gasteiger partial charge is 0.496 e. The lowest BCUT2D eigenvalue weighted by atomic mass is 9.99. The molecule has 1 aromatic heterocycles.